The standard InChI is InChI=1S/C12H10ClNOS2/c1-2-15-8-17-12-14-11(7-16-12)9-3-5-10(13)6-4-9/h3-7H,2H2,1H3. The van der Waals surface area contributed by atoms with Gasteiger partial charge in [-0.25, -0.2) is 4.98 Å². The quantitative estimate of drug-likeness (QED) is 0.592. The minimum atomic E-state index is 0.627. The van der Waals surface area contributed by atoms with Gasteiger partial charge >= 0.3 is 0 Å². The Morgan fingerprint density at radius 1 is 1.41 bits per heavy atom. The minimum absolute atomic E-state index is 0.627. The molecule has 0 unspecified atom stereocenters. The zero-order valence-corrected chi connectivity index (χ0v) is 11.5. The molecule has 17 heavy (non-hydrogen) atoms. The number of rotatable bonds is 5. The zero-order valence-electron chi connectivity index (χ0n) is 9.14. The van der Waals surface area contributed by atoms with Crippen LogP contribution in [0, 0.1) is 5.94 Å². The normalized spacial score (nSPS) is 10.7. The molecule has 1 aromatic carbocycles. The van der Waals surface area contributed by atoms with E-state index in [9.17, 15) is 0 Å². The van der Waals surface area contributed by atoms with Gasteiger partial charge in [-0.15, -0.1) is 11.3 Å². The van der Waals surface area contributed by atoms with E-state index in [1.165, 1.54) is 11.8 Å². The number of halogens is 1. The Balaban J connectivity index is 2.04. The minimum Gasteiger partial charge on any atom is -0.356 e. The van der Waals surface area contributed by atoms with Crippen molar-refractivity contribution in [1.29, 1.82) is 0 Å². The second kappa shape index (κ2) is 6.40. The van der Waals surface area contributed by atoms with Crippen LogP contribution in [0.4, 0.5) is 0 Å². The largest absolute Gasteiger partial charge is 0.356 e. The van der Waals surface area contributed by atoms with Gasteiger partial charge in [-0.05, 0) is 19.1 Å². The van der Waals surface area contributed by atoms with Gasteiger partial charge in [0, 0.05) is 22.6 Å². The fourth-order valence-electron chi connectivity index (χ4n) is 1.18. The van der Waals surface area contributed by atoms with Gasteiger partial charge in [-0.1, -0.05) is 35.5 Å². The molecular formula is C12H10ClNOS2. The first-order chi connectivity index (χ1) is 8.29. The molecule has 0 spiro atoms. The van der Waals surface area contributed by atoms with Crippen molar-refractivity contribution in [2.45, 2.75) is 11.3 Å². The van der Waals surface area contributed by atoms with E-state index in [2.05, 4.69) is 10.9 Å². The van der Waals surface area contributed by atoms with Gasteiger partial charge in [0.15, 0.2) is 4.34 Å². The van der Waals surface area contributed by atoms with Crippen LogP contribution in [0.15, 0.2) is 34.0 Å². The number of hydrogen-bond donors (Lipinski definition) is 0. The molecule has 0 fully saturated rings. The van der Waals surface area contributed by atoms with Crippen LogP contribution >= 0.6 is 34.7 Å². The van der Waals surface area contributed by atoms with Crippen molar-refractivity contribution < 1.29 is 4.74 Å². The van der Waals surface area contributed by atoms with Crippen LogP contribution in [0.2, 0.25) is 5.02 Å². The first kappa shape index (κ1) is 12.9. The summed E-state index contributed by atoms with van der Waals surface area (Å²) < 4.78 is 5.95. The molecule has 0 aliphatic heterocycles. The van der Waals surface area contributed by atoms with Crippen LogP contribution in [0.5, 0.6) is 0 Å². The van der Waals surface area contributed by atoms with Gasteiger partial charge in [0.2, 0.25) is 5.94 Å². The second-order valence-electron chi connectivity index (χ2n) is 3.12. The molecule has 0 amide bonds. The highest BCUT2D eigenvalue weighted by Gasteiger charge is 2.05. The number of nitrogens with zero attached hydrogens (tertiary/aromatic N) is 1. The summed E-state index contributed by atoms with van der Waals surface area (Å²) in [4.78, 5) is 4.48. The molecule has 1 heterocycles. The van der Waals surface area contributed by atoms with Gasteiger partial charge in [0.05, 0.1) is 5.69 Å². The van der Waals surface area contributed by atoms with Gasteiger partial charge in [-0.3, -0.25) is 0 Å². The Morgan fingerprint density at radius 2 is 2.18 bits per heavy atom. The smallest absolute Gasteiger partial charge is 0.205 e. The molecule has 2 nitrogen and oxygen atoms in total. The molecule has 88 valence electrons. The number of aromatic nitrogens is 1. The summed E-state index contributed by atoms with van der Waals surface area (Å²) >= 11 is 8.79. The summed E-state index contributed by atoms with van der Waals surface area (Å²) in [5.41, 5.74) is 2.02. The summed E-state index contributed by atoms with van der Waals surface area (Å²) in [6.07, 6.45) is 0. The van der Waals surface area contributed by atoms with Crippen molar-refractivity contribution in [3.63, 3.8) is 0 Å². The van der Waals surface area contributed by atoms with E-state index in [1.807, 2.05) is 36.6 Å². The fourth-order valence-corrected chi connectivity index (χ4v) is 2.69. The highest BCUT2D eigenvalue weighted by molar-refractivity contribution is 8.02. The first-order valence-corrected chi connectivity index (χ1v) is 7.12. The monoisotopic (exact) mass is 283 g/mol. The lowest BCUT2D eigenvalue weighted by molar-refractivity contribution is 0.249. The first-order valence-electron chi connectivity index (χ1n) is 5.04. The van der Waals surface area contributed by atoms with E-state index < -0.39 is 0 Å². The lowest BCUT2D eigenvalue weighted by atomic mass is 10.2. The van der Waals surface area contributed by atoms with E-state index in [4.69, 9.17) is 16.3 Å². The fraction of sp³-hybridized carbons (Fsp3) is 0.167. The molecule has 0 aliphatic carbocycles. The van der Waals surface area contributed by atoms with E-state index in [0.29, 0.717) is 6.61 Å². The van der Waals surface area contributed by atoms with Crippen molar-refractivity contribution in [2.24, 2.45) is 0 Å². The maximum Gasteiger partial charge on any atom is 0.205 e. The summed E-state index contributed by atoms with van der Waals surface area (Å²) in [5.74, 6) is 2.77. The van der Waals surface area contributed by atoms with Gasteiger partial charge < -0.3 is 4.74 Å². The molecule has 0 saturated heterocycles. The number of thiazole rings is 1. The third-order valence-corrected chi connectivity index (χ3v) is 3.85. The second-order valence-corrected chi connectivity index (χ2v) is 5.43. The maximum atomic E-state index is 5.84. The predicted molar refractivity (Wildman–Crippen MR) is 73.3 cm³/mol. The summed E-state index contributed by atoms with van der Waals surface area (Å²) in [6, 6.07) is 7.65. The Kier molecular flexibility index (Phi) is 4.86. The summed E-state index contributed by atoms with van der Waals surface area (Å²) in [7, 11) is 0. The van der Waals surface area contributed by atoms with Crippen LogP contribution in [-0.2, 0) is 4.74 Å². The predicted octanol–water partition coefficient (Wildman–Crippen LogP) is 4.59. The van der Waals surface area contributed by atoms with Crippen molar-refractivity contribution in [2.75, 3.05) is 6.61 Å². The molecule has 0 atom stereocenters. The van der Waals surface area contributed by atoms with Crippen LogP contribution in [0.3, 0.4) is 0 Å². The molecule has 1 aromatic heterocycles. The summed E-state index contributed by atoms with van der Waals surface area (Å²) in [5, 5.41) is 2.75. The number of thioether (sulfide) groups is 1. The number of ether oxygens (including phenoxy) is 1. The van der Waals surface area contributed by atoms with E-state index in [0.717, 1.165) is 20.6 Å². The average Bonchev–Trinajstić information content (AvgIpc) is 2.79. The molecule has 2 radical (unpaired) electrons. The molecule has 5 heteroatoms. The van der Waals surface area contributed by atoms with Crippen LogP contribution in [0.25, 0.3) is 11.3 Å². The molecule has 0 saturated carbocycles. The van der Waals surface area contributed by atoms with Crippen molar-refractivity contribution >= 4 is 34.7 Å². The Labute approximate surface area is 114 Å². The molecule has 0 N–H and O–H groups in total. The van der Waals surface area contributed by atoms with Crippen LogP contribution in [0.1, 0.15) is 6.92 Å². The molecule has 2 rings (SSSR count). The lowest BCUT2D eigenvalue weighted by Crippen LogP contribution is -1.81. The highest BCUT2D eigenvalue weighted by Crippen LogP contribution is 2.30. The van der Waals surface area contributed by atoms with Gasteiger partial charge in [0.1, 0.15) is 0 Å². The van der Waals surface area contributed by atoms with Gasteiger partial charge in [0.25, 0.3) is 0 Å². The molecule has 2 aromatic rings. The Bertz CT molecular complexity index is 470. The van der Waals surface area contributed by atoms with Gasteiger partial charge in [-0.2, -0.15) is 0 Å². The summed E-state index contributed by atoms with van der Waals surface area (Å²) in [6.45, 7) is 2.55. The maximum absolute atomic E-state index is 5.84. The third-order valence-electron chi connectivity index (χ3n) is 1.96. The number of hydrogen-bond acceptors (Lipinski definition) is 4. The van der Waals surface area contributed by atoms with E-state index in [-0.39, 0.29) is 0 Å². The zero-order chi connectivity index (χ0) is 12.1. The molecular weight excluding hydrogens is 274 g/mol. The highest BCUT2D eigenvalue weighted by atomic mass is 35.5. The lowest BCUT2D eigenvalue weighted by Gasteiger charge is -1.96. The molecule has 0 bridgehead atoms. The number of benzene rings is 1. The van der Waals surface area contributed by atoms with E-state index in [1.54, 1.807) is 11.3 Å². The van der Waals surface area contributed by atoms with Crippen LogP contribution < -0.4 is 0 Å². The van der Waals surface area contributed by atoms with Crippen molar-refractivity contribution in [3.05, 3.63) is 40.6 Å². The molecule has 0 aliphatic rings. The Hall–Kier alpha value is -0.550. The third kappa shape index (κ3) is 3.71. The average molecular weight is 284 g/mol. The van der Waals surface area contributed by atoms with E-state index >= 15 is 0 Å². The van der Waals surface area contributed by atoms with Crippen molar-refractivity contribution in [3.8, 4) is 11.3 Å². The SMILES string of the molecule is CCO[C]Sc1nc(-c2ccc(Cl)cc2)cs1. The van der Waals surface area contributed by atoms with Crippen LogP contribution in [-0.4, -0.2) is 11.6 Å². The Morgan fingerprint density at radius 3 is 2.88 bits per heavy atom. The topological polar surface area (TPSA) is 22.1 Å². The van der Waals surface area contributed by atoms with Crippen molar-refractivity contribution in [1.82, 2.24) is 4.98 Å².